The number of hydrogen-bond donors (Lipinski definition) is 0. The standard InChI is InChI=1S/C26H53Br/c1-4-7-21-26(22-8-5-2,23-9-6-3)24-19-17-15-13-11-10-12-14-16-18-20-25-27/h4-25H2,1-3H3. The molecule has 0 spiro atoms. The van der Waals surface area contributed by atoms with Gasteiger partial charge in [0.25, 0.3) is 0 Å². The van der Waals surface area contributed by atoms with Gasteiger partial charge in [0.15, 0.2) is 0 Å². The molecule has 0 aromatic heterocycles. The Morgan fingerprint density at radius 1 is 0.407 bits per heavy atom. The Balaban J connectivity index is 3.89. The van der Waals surface area contributed by atoms with Crippen LogP contribution in [0.2, 0.25) is 0 Å². The smallest absolute Gasteiger partial charge is 0.00313 e. The summed E-state index contributed by atoms with van der Waals surface area (Å²) in [5.41, 5.74) is 0.692. The molecule has 0 aliphatic carbocycles. The van der Waals surface area contributed by atoms with E-state index in [4.69, 9.17) is 0 Å². The van der Waals surface area contributed by atoms with Gasteiger partial charge in [-0.25, -0.2) is 0 Å². The summed E-state index contributed by atoms with van der Waals surface area (Å²) in [4.78, 5) is 0. The van der Waals surface area contributed by atoms with Crippen LogP contribution in [-0.4, -0.2) is 5.33 Å². The van der Waals surface area contributed by atoms with E-state index in [2.05, 4.69) is 36.7 Å². The Labute approximate surface area is 182 Å². The Morgan fingerprint density at radius 2 is 0.704 bits per heavy atom. The van der Waals surface area contributed by atoms with Crippen LogP contribution in [0.5, 0.6) is 0 Å². The number of rotatable bonds is 22. The van der Waals surface area contributed by atoms with Crippen LogP contribution in [0.3, 0.4) is 0 Å². The third-order valence-electron chi connectivity index (χ3n) is 6.52. The Kier molecular flexibility index (Phi) is 21.6. The van der Waals surface area contributed by atoms with Crippen molar-refractivity contribution in [3.8, 4) is 0 Å². The number of halogens is 1. The highest BCUT2D eigenvalue weighted by atomic mass is 79.9. The molecular weight excluding hydrogens is 392 g/mol. The molecular formula is C26H53Br. The van der Waals surface area contributed by atoms with E-state index in [1.807, 2.05) is 0 Å². The second kappa shape index (κ2) is 21.2. The van der Waals surface area contributed by atoms with E-state index in [-0.39, 0.29) is 0 Å². The first-order valence-corrected chi connectivity index (χ1v) is 13.9. The molecule has 0 saturated carbocycles. The molecule has 0 aromatic rings. The minimum atomic E-state index is 0.692. The van der Waals surface area contributed by atoms with Gasteiger partial charge in [-0.3, -0.25) is 0 Å². The van der Waals surface area contributed by atoms with Crippen LogP contribution in [0.15, 0.2) is 0 Å². The van der Waals surface area contributed by atoms with Crippen molar-refractivity contribution in [3.63, 3.8) is 0 Å². The van der Waals surface area contributed by atoms with Gasteiger partial charge in [0.05, 0.1) is 0 Å². The SMILES string of the molecule is CCCCC(CCCC)(CCCC)CCCCCCCCCCCCCBr. The van der Waals surface area contributed by atoms with Gasteiger partial charge in [0, 0.05) is 5.33 Å². The minimum Gasteiger partial charge on any atom is -0.0928 e. The molecule has 0 aliphatic heterocycles. The summed E-state index contributed by atoms with van der Waals surface area (Å²) in [6.07, 6.45) is 30.5. The molecule has 0 heterocycles. The molecule has 0 rings (SSSR count). The lowest BCUT2D eigenvalue weighted by atomic mass is 9.71. The lowest BCUT2D eigenvalue weighted by Gasteiger charge is -2.35. The monoisotopic (exact) mass is 444 g/mol. The summed E-state index contributed by atoms with van der Waals surface area (Å²) in [6, 6.07) is 0. The van der Waals surface area contributed by atoms with Crippen molar-refractivity contribution in [2.75, 3.05) is 5.33 Å². The summed E-state index contributed by atoms with van der Waals surface area (Å²) in [5.74, 6) is 0. The molecule has 0 N–H and O–H groups in total. The number of hydrogen-bond acceptors (Lipinski definition) is 0. The zero-order valence-corrected chi connectivity index (χ0v) is 21.0. The van der Waals surface area contributed by atoms with E-state index in [9.17, 15) is 0 Å². The Morgan fingerprint density at radius 3 is 1.04 bits per heavy atom. The van der Waals surface area contributed by atoms with Crippen LogP contribution in [0.4, 0.5) is 0 Å². The summed E-state index contributed by atoms with van der Waals surface area (Å²) < 4.78 is 0. The fourth-order valence-corrected chi connectivity index (χ4v) is 4.99. The second-order valence-corrected chi connectivity index (χ2v) is 9.93. The summed E-state index contributed by atoms with van der Waals surface area (Å²) in [5, 5.41) is 1.18. The predicted molar refractivity (Wildman–Crippen MR) is 130 cm³/mol. The molecule has 0 aliphatic rings. The first kappa shape index (κ1) is 27.5. The van der Waals surface area contributed by atoms with Gasteiger partial charge in [0.1, 0.15) is 0 Å². The minimum absolute atomic E-state index is 0.692. The number of unbranched alkanes of at least 4 members (excludes halogenated alkanes) is 13. The van der Waals surface area contributed by atoms with Gasteiger partial charge in [-0.2, -0.15) is 0 Å². The van der Waals surface area contributed by atoms with Crippen LogP contribution in [-0.2, 0) is 0 Å². The second-order valence-electron chi connectivity index (χ2n) is 9.14. The molecule has 0 atom stereocenters. The molecule has 27 heavy (non-hydrogen) atoms. The lowest BCUT2D eigenvalue weighted by Crippen LogP contribution is -2.21. The molecule has 0 bridgehead atoms. The van der Waals surface area contributed by atoms with E-state index in [0.717, 1.165) is 0 Å². The summed E-state index contributed by atoms with van der Waals surface area (Å²) in [7, 11) is 0. The van der Waals surface area contributed by atoms with E-state index >= 15 is 0 Å². The van der Waals surface area contributed by atoms with Crippen LogP contribution in [0, 0.1) is 5.41 Å². The van der Waals surface area contributed by atoms with E-state index < -0.39 is 0 Å². The quantitative estimate of drug-likeness (QED) is 0.115. The van der Waals surface area contributed by atoms with Gasteiger partial charge in [-0.1, -0.05) is 139 Å². The highest BCUT2D eigenvalue weighted by molar-refractivity contribution is 9.09. The van der Waals surface area contributed by atoms with Crippen molar-refractivity contribution in [2.45, 2.75) is 156 Å². The van der Waals surface area contributed by atoms with Crippen molar-refractivity contribution in [1.82, 2.24) is 0 Å². The first-order chi connectivity index (χ1) is 13.2. The van der Waals surface area contributed by atoms with E-state index in [0.29, 0.717) is 5.41 Å². The maximum Gasteiger partial charge on any atom is 0.00313 e. The molecule has 0 unspecified atom stereocenters. The largest absolute Gasteiger partial charge is 0.0928 e. The van der Waals surface area contributed by atoms with Crippen molar-refractivity contribution < 1.29 is 0 Å². The van der Waals surface area contributed by atoms with Gasteiger partial charge in [-0.15, -0.1) is 0 Å². The molecule has 0 amide bonds. The van der Waals surface area contributed by atoms with Crippen LogP contribution >= 0.6 is 15.9 Å². The predicted octanol–water partition coefficient (Wildman–Crippen LogP) is 10.6. The molecule has 0 saturated heterocycles. The topological polar surface area (TPSA) is 0 Å². The number of alkyl halides is 1. The third kappa shape index (κ3) is 17.1. The third-order valence-corrected chi connectivity index (χ3v) is 7.08. The molecule has 0 nitrogen and oxygen atoms in total. The summed E-state index contributed by atoms with van der Waals surface area (Å²) in [6.45, 7) is 7.10. The van der Waals surface area contributed by atoms with E-state index in [1.54, 1.807) is 0 Å². The maximum absolute atomic E-state index is 3.52. The van der Waals surface area contributed by atoms with Crippen molar-refractivity contribution in [3.05, 3.63) is 0 Å². The average Bonchev–Trinajstić information content (AvgIpc) is 2.69. The van der Waals surface area contributed by atoms with Gasteiger partial charge < -0.3 is 0 Å². The van der Waals surface area contributed by atoms with E-state index in [1.165, 1.54) is 140 Å². The lowest BCUT2D eigenvalue weighted by molar-refractivity contribution is 0.175. The van der Waals surface area contributed by atoms with Crippen LogP contribution in [0.25, 0.3) is 0 Å². The van der Waals surface area contributed by atoms with Crippen molar-refractivity contribution in [2.24, 2.45) is 5.41 Å². The molecule has 0 radical (unpaired) electrons. The first-order valence-electron chi connectivity index (χ1n) is 12.8. The van der Waals surface area contributed by atoms with Crippen molar-refractivity contribution >= 4 is 15.9 Å². The Hall–Kier alpha value is 0.480. The van der Waals surface area contributed by atoms with Gasteiger partial charge >= 0.3 is 0 Å². The summed E-state index contributed by atoms with van der Waals surface area (Å²) >= 11 is 3.52. The molecule has 164 valence electrons. The maximum atomic E-state index is 3.52. The van der Waals surface area contributed by atoms with Crippen LogP contribution < -0.4 is 0 Å². The zero-order valence-electron chi connectivity index (χ0n) is 19.4. The van der Waals surface area contributed by atoms with Gasteiger partial charge in [0.2, 0.25) is 0 Å². The van der Waals surface area contributed by atoms with Crippen LogP contribution in [0.1, 0.15) is 156 Å². The van der Waals surface area contributed by atoms with Crippen molar-refractivity contribution in [1.29, 1.82) is 0 Å². The Bertz CT molecular complexity index is 252. The molecule has 0 aromatic carbocycles. The molecule has 0 fully saturated rings. The zero-order chi connectivity index (χ0) is 20.1. The normalized spacial score (nSPS) is 12.0. The fraction of sp³-hybridized carbons (Fsp3) is 1.00. The van der Waals surface area contributed by atoms with Gasteiger partial charge in [-0.05, 0) is 37.5 Å². The molecule has 1 heteroatoms. The average molecular weight is 446 g/mol. The highest BCUT2D eigenvalue weighted by Crippen LogP contribution is 2.41. The fourth-order valence-electron chi connectivity index (χ4n) is 4.59. The highest BCUT2D eigenvalue weighted by Gasteiger charge is 2.27.